The number of carbonyl (C=O) groups excluding carboxylic acids is 1. The minimum absolute atomic E-state index is 0.290. The zero-order chi connectivity index (χ0) is 17.0. The number of halogens is 1. The van der Waals surface area contributed by atoms with Crippen molar-refractivity contribution in [2.45, 2.75) is 33.0 Å². The number of anilines is 1. The first kappa shape index (κ1) is 17.2. The lowest BCUT2D eigenvalue weighted by Gasteiger charge is -2.19. The maximum atomic E-state index is 11.7. The van der Waals surface area contributed by atoms with Crippen LogP contribution in [0.1, 0.15) is 26.5 Å². The quantitative estimate of drug-likeness (QED) is 0.921. The highest BCUT2D eigenvalue weighted by molar-refractivity contribution is 6.32. The molecular weight excluding hydrogens is 322 g/mol. The van der Waals surface area contributed by atoms with Crippen molar-refractivity contribution in [3.63, 3.8) is 0 Å². The molecule has 23 heavy (non-hydrogen) atoms. The number of carbonyl (C=O) groups is 1. The standard InChI is InChI=1S/C14H18ClN5O3/c1-14(2,3)23-13(21)18-9-5-11(15)12(16-6-9)20-17-7-10(19-20)8-22-4/h5-7H,8H2,1-4H3,(H,18,21). The van der Waals surface area contributed by atoms with Crippen molar-refractivity contribution in [1.82, 2.24) is 20.0 Å². The molecule has 0 aliphatic heterocycles. The van der Waals surface area contributed by atoms with Gasteiger partial charge in [-0.05, 0) is 26.8 Å². The third-order valence-corrected chi connectivity index (χ3v) is 2.77. The molecule has 1 amide bonds. The molecule has 0 aromatic carbocycles. The molecule has 8 nitrogen and oxygen atoms in total. The Balaban J connectivity index is 2.12. The van der Waals surface area contributed by atoms with Crippen molar-refractivity contribution in [1.29, 1.82) is 0 Å². The van der Waals surface area contributed by atoms with E-state index >= 15 is 0 Å². The van der Waals surface area contributed by atoms with Gasteiger partial charge in [-0.2, -0.15) is 5.10 Å². The maximum Gasteiger partial charge on any atom is 0.412 e. The van der Waals surface area contributed by atoms with Crippen LogP contribution in [0, 0.1) is 0 Å². The minimum atomic E-state index is -0.585. The van der Waals surface area contributed by atoms with Crippen molar-refractivity contribution in [3.05, 3.63) is 29.2 Å². The highest BCUT2D eigenvalue weighted by Crippen LogP contribution is 2.21. The number of ether oxygens (including phenoxy) is 2. The topological polar surface area (TPSA) is 91.2 Å². The fraction of sp³-hybridized carbons (Fsp3) is 0.429. The third kappa shape index (κ3) is 4.90. The van der Waals surface area contributed by atoms with E-state index < -0.39 is 11.7 Å². The molecule has 1 N–H and O–H groups in total. The summed E-state index contributed by atoms with van der Waals surface area (Å²) in [5, 5.41) is 11.1. The van der Waals surface area contributed by atoms with E-state index in [-0.39, 0.29) is 5.02 Å². The predicted octanol–water partition coefficient (Wildman–Crippen LogP) is 2.81. The summed E-state index contributed by atoms with van der Waals surface area (Å²) in [6.07, 6.45) is 2.43. The van der Waals surface area contributed by atoms with Crippen molar-refractivity contribution in [2.24, 2.45) is 0 Å². The Morgan fingerprint density at radius 1 is 1.39 bits per heavy atom. The predicted molar refractivity (Wildman–Crippen MR) is 84.7 cm³/mol. The number of methoxy groups -OCH3 is 1. The lowest BCUT2D eigenvalue weighted by atomic mass is 10.2. The lowest BCUT2D eigenvalue weighted by Crippen LogP contribution is -2.27. The highest BCUT2D eigenvalue weighted by atomic mass is 35.5. The van der Waals surface area contributed by atoms with Gasteiger partial charge in [-0.25, -0.2) is 9.78 Å². The van der Waals surface area contributed by atoms with Gasteiger partial charge in [0.15, 0.2) is 5.82 Å². The highest BCUT2D eigenvalue weighted by Gasteiger charge is 2.17. The first-order valence-corrected chi connectivity index (χ1v) is 7.22. The van der Waals surface area contributed by atoms with Crippen molar-refractivity contribution in [3.8, 4) is 5.82 Å². The number of amides is 1. The molecule has 124 valence electrons. The molecule has 0 radical (unpaired) electrons. The van der Waals surface area contributed by atoms with Crippen molar-refractivity contribution >= 4 is 23.4 Å². The van der Waals surface area contributed by atoms with Gasteiger partial charge in [0.25, 0.3) is 0 Å². The Kier molecular flexibility index (Phi) is 5.17. The van der Waals surface area contributed by atoms with Gasteiger partial charge in [-0.1, -0.05) is 11.6 Å². The number of rotatable bonds is 4. The van der Waals surface area contributed by atoms with Gasteiger partial charge < -0.3 is 9.47 Å². The van der Waals surface area contributed by atoms with E-state index in [0.717, 1.165) is 0 Å². The number of aromatic nitrogens is 4. The van der Waals surface area contributed by atoms with Crippen LogP contribution in [0.2, 0.25) is 5.02 Å². The molecule has 2 aromatic rings. The average molecular weight is 340 g/mol. The van der Waals surface area contributed by atoms with Crippen molar-refractivity contribution in [2.75, 3.05) is 12.4 Å². The molecule has 0 bridgehead atoms. The lowest BCUT2D eigenvalue weighted by molar-refractivity contribution is 0.0636. The Hall–Kier alpha value is -2.19. The summed E-state index contributed by atoms with van der Waals surface area (Å²) in [5.74, 6) is 0.351. The number of nitrogens with one attached hydrogen (secondary N) is 1. The van der Waals surface area contributed by atoms with Crippen LogP contribution >= 0.6 is 11.6 Å². The number of pyridine rings is 1. The molecule has 0 atom stereocenters. The normalized spacial score (nSPS) is 11.3. The van der Waals surface area contributed by atoms with Crippen LogP contribution in [0.4, 0.5) is 10.5 Å². The van der Waals surface area contributed by atoms with Gasteiger partial charge in [0.1, 0.15) is 11.3 Å². The van der Waals surface area contributed by atoms with Crippen LogP contribution in [0.25, 0.3) is 5.82 Å². The molecule has 2 aromatic heterocycles. The summed E-state index contributed by atoms with van der Waals surface area (Å²) in [4.78, 5) is 17.2. The van der Waals surface area contributed by atoms with E-state index in [1.54, 1.807) is 40.1 Å². The van der Waals surface area contributed by atoms with Gasteiger partial charge >= 0.3 is 6.09 Å². The maximum absolute atomic E-state index is 11.7. The summed E-state index contributed by atoms with van der Waals surface area (Å²) in [6.45, 7) is 5.68. The largest absolute Gasteiger partial charge is 0.444 e. The van der Waals surface area contributed by atoms with Crippen LogP contribution in [-0.4, -0.2) is 38.8 Å². The fourth-order valence-corrected chi connectivity index (χ4v) is 1.92. The Bertz CT molecular complexity index is 696. The third-order valence-electron chi connectivity index (χ3n) is 2.49. The van der Waals surface area contributed by atoms with E-state index in [0.29, 0.717) is 23.8 Å². The van der Waals surface area contributed by atoms with Gasteiger partial charge in [0.2, 0.25) is 0 Å². The van der Waals surface area contributed by atoms with Crippen LogP contribution in [0.15, 0.2) is 18.5 Å². The number of hydrogen-bond acceptors (Lipinski definition) is 6. The fourth-order valence-electron chi connectivity index (χ4n) is 1.68. The van der Waals surface area contributed by atoms with E-state index in [1.807, 2.05) is 0 Å². The molecular formula is C14H18ClN5O3. The monoisotopic (exact) mass is 339 g/mol. The van der Waals surface area contributed by atoms with E-state index in [1.165, 1.54) is 11.0 Å². The minimum Gasteiger partial charge on any atom is -0.444 e. The molecule has 0 aliphatic carbocycles. The molecule has 2 rings (SSSR count). The van der Waals surface area contributed by atoms with Gasteiger partial charge in [-0.3, -0.25) is 5.32 Å². The van der Waals surface area contributed by atoms with Crippen LogP contribution < -0.4 is 5.32 Å². The molecule has 9 heteroatoms. The van der Waals surface area contributed by atoms with Crippen LogP contribution in [-0.2, 0) is 16.1 Å². The first-order chi connectivity index (χ1) is 10.8. The zero-order valence-electron chi connectivity index (χ0n) is 13.3. The number of nitrogens with zero attached hydrogens (tertiary/aromatic N) is 4. The molecule has 2 heterocycles. The number of hydrogen-bond donors (Lipinski definition) is 1. The molecule has 0 aliphatic rings. The molecule has 0 saturated heterocycles. The second kappa shape index (κ2) is 6.93. The van der Waals surface area contributed by atoms with E-state index in [2.05, 4.69) is 20.5 Å². The van der Waals surface area contributed by atoms with Gasteiger partial charge in [-0.15, -0.1) is 9.90 Å². The summed E-state index contributed by atoms with van der Waals surface area (Å²) in [5.41, 5.74) is 0.483. The zero-order valence-corrected chi connectivity index (χ0v) is 14.1. The molecule has 0 saturated carbocycles. The Morgan fingerprint density at radius 2 is 2.13 bits per heavy atom. The van der Waals surface area contributed by atoms with Crippen LogP contribution in [0.3, 0.4) is 0 Å². The van der Waals surface area contributed by atoms with Crippen molar-refractivity contribution < 1.29 is 14.3 Å². The molecule has 0 fully saturated rings. The SMILES string of the molecule is COCc1cnn(-c2ncc(NC(=O)OC(C)(C)C)cc2Cl)n1. The summed E-state index contributed by atoms with van der Waals surface area (Å²) < 4.78 is 10.1. The summed E-state index contributed by atoms with van der Waals surface area (Å²) in [6, 6.07) is 1.55. The molecule has 0 spiro atoms. The van der Waals surface area contributed by atoms with E-state index in [4.69, 9.17) is 21.1 Å². The first-order valence-electron chi connectivity index (χ1n) is 6.84. The van der Waals surface area contributed by atoms with Gasteiger partial charge in [0, 0.05) is 7.11 Å². The second-order valence-corrected chi connectivity index (χ2v) is 6.12. The second-order valence-electron chi connectivity index (χ2n) is 5.71. The molecule has 0 unspecified atom stereocenters. The van der Waals surface area contributed by atoms with Gasteiger partial charge in [0.05, 0.1) is 29.7 Å². The Labute approximate surface area is 138 Å². The summed E-state index contributed by atoms with van der Waals surface area (Å²) in [7, 11) is 1.57. The summed E-state index contributed by atoms with van der Waals surface area (Å²) >= 11 is 6.18. The van der Waals surface area contributed by atoms with E-state index in [9.17, 15) is 4.79 Å². The average Bonchev–Trinajstić information content (AvgIpc) is 2.85. The Morgan fingerprint density at radius 3 is 2.74 bits per heavy atom. The smallest absolute Gasteiger partial charge is 0.412 e. The van der Waals surface area contributed by atoms with Crippen LogP contribution in [0.5, 0.6) is 0 Å².